The van der Waals surface area contributed by atoms with Crippen LogP contribution in [-0.2, 0) is 28.9 Å². The average Bonchev–Trinajstić information content (AvgIpc) is 3.33. The zero-order valence-electron chi connectivity index (χ0n) is 15.1. The van der Waals surface area contributed by atoms with Gasteiger partial charge in [0, 0.05) is 6.54 Å². The molecule has 1 atom stereocenters. The first-order valence-electron chi connectivity index (χ1n) is 9.09. The van der Waals surface area contributed by atoms with Gasteiger partial charge >= 0.3 is 5.97 Å². The van der Waals surface area contributed by atoms with Gasteiger partial charge in [0.15, 0.2) is 17.6 Å². The number of esters is 1. The molecule has 1 amide bonds. The second kappa shape index (κ2) is 7.31. The maximum atomic E-state index is 12.3. The van der Waals surface area contributed by atoms with Crippen LogP contribution < -0.4 is 14.8 Å². The number of amides is 1. The van der Waals surface area contributed by atoms with Crippen molar-refractivity contribution < 1.29 is 23.8 Å². The number of benzene rings is 2. The summed E-state index contributed by atoms with van der Waals surface area (Å²) in [7, 11) is 0. The molecule has 6 nitrogen and oxygen atoms in total. The largest absolute Gasteiger partial charge is 0.454 e. The number of rotatable bonds is 5. The van der Waals surface area contributed by atoms with Crippen molar-refractivity contribution in [1.29, 1.82) is 0 Å². The van der Waals surface area contributed by atoms with E-state index < -0.39 is 12.1 Å². The van der Waals surface area contributed by atoms with Crippen LogP contribution in [0.3, 0.4) is 0 Å². The highest BCUT2D eigenvalue weighted by Crippen LogP contribution is 2.32. The van der Waals surface area contributed by atoms with Crippen LogP contribution in [0.1, 0.15) is 40.4 Å². The van der Waals surface area contributed by atoms with Gasteiger partial charge in [-0.1, -0.05) is 12.1 Å². The Morgan fingerprint density at radius 1 is 1.07 bits per heavy atom. The topological polar surface area (TPSA) is 73.9 Å². The first-order chi connectivity index (χ1) is 13.1. The molecule has 0 fully saturated rings. The van der Waals surface area contributed by atoms with E-state index in [1.165, 1.54) is 11.1 Å². The Labute approximate surface area is 157 Å². The number of ether oxygens (including phenoxy) is 3. The van der Waals surface area contributed by atoms with Crippen LogP contribution >= 0.6 is 0 Å². The molecule has 2 aromatic rings. The number of hydrogen-bond donors (Lipinski definition) is 1. The molecular formula is C21H21NO5. The molecule has 6 heteroatoms. The van der Waals surface area contributed by atoms with Gasteiger partial charge in [-0.15, -0.1) is 0 Å². The third-order valence-corrected chi connectivity index (χ3v) is 4.89. The van der Waals surface area contributed by atoms with E-state index >= 15 is 0 Å². The van der Waals surface area contributed by atoms with E-state index in [0.29, 0.717) is 23.6 Å². The van der Waals surface area contributed by atoms with Crippen LogP contribution in [0.2, 0.25) is 0 Å². The number of carbonyl (C=O) groups excluding carboxylic acids is 2. The van der Waals surface area contributed by atoms with Crippen molar-refractivity contribution in [3.05, 3.63) is 58.7 Å². The molecule has 27 heavy (non-hydrogen) atoms. The number of hydrogen-bond acceptors (Lipinski definition) is 5. The summed E-state index contributed by atoms with van der Waals surface area (Å²) in [6.45, 7) is 2.09. The molecular weight excluding hydrogens is 346 g/mol. The molecule has 0 saturated carbocycles. The maximum Gasteiger partial charge on any atom is 0.338 e. The lowest BCUT2D eigenvalue weighted by atomic mass is 10.1. The molecule has 4 rings (SSSR count). The van der Waals surface area contributed by atoms with Gasteiger partial charge in [-0.2, -0.15) is 0 Å². The third-order valence-electron chi connectivity index (χ3n) is 4.89. The molecule has 1 aliphatic carbocycles. The maximum absolute atomic E-state index is 12.3. The molecule has 2 aliphatic rings. The van der Waals surface area contributed by atoms with Crippen LogP contribution in [0.15, 0.2) is 36.4 Å². The van der Waals surface area contributed by atoms with Gasteiger partial charge in [-0.3, -0.25) is 4.79 Å². The lowest BCUT2D eigenvalue weighted by Gasteiger charge is -2.14. The predicted octanol–water partition coefficient (Wildman–Crippen LogP) is 2.77. The second-order valence-electron chi connectivity index (χ2n) is 6.79. The minimum Gasteiger partial charge on any atom is -0.454 e. The van der Waals surface area contributed by atoms with Crippen molar-refractivity contribution in [3.8, 4) is 11.5 Å². The zero-order chi connectivity index (χ0) is 18.8. The summed E-state index contributed by atoms with van der Waals surface area (Å²) in [5.74, 6) is 0.539. The molecule has 0 aromatic heterocycles. The van der Waals surface area contributed by atoms with Crippen molar-refractivity contribution in [3.63, 3.8) is 0 Å². The van der Waals surface area contributed by atoms with Crippen LogP contribution in [0.4, 0.5) is 0 Å². The summed E-state index contributed by atoms with van der Waals surface area (Å²) in [5, 5.41) is 2.78. The second-order valence-corrected chi connectivity index (χ2v) is 6.79. The van der Waals surface area contributed by atoms with Gasteiger partial charge < -0.3 is 19.5 Å². The van der Waals surface area contributed by atoms with E-state index in [2.05, 4.69) is 5.32 Å². The highest BCUT2D eigenvalue weighted by atomic mass is 16.7. The smallest absolute Gasteiger partial charge is 0.338 e. The lowest BCUT2D eigenvalue weighted by Crippen LogP contribution is -2.35. The van der Waals surface area contributed by atoms with E-state index in [0.717, 1.165) is 24.8 Å². The fourth-order valence-corrected chi connectivity index (χ4v) is 3.36. The molecule has 0 bridgehead atoms. The van der Waals surface area contributed by atoms with Gasteiger partial charge in [0.25, 0.3) is 5.91 Å². The molecule has 0 radical (unpaired) electrons. The van der Waals surface area contributed by atoms with Crippen molar-refractivity contribution in [2.75, 3.05) is 6.79 Å². The van der Waals surface area contributed by atoms with Gasteiger partial charge in [0.2, 0.25) is 6.79 Å². The van der Waals surface area contributed by atoms with Crippen molar-refractivity contribution in [2.24, 2.45) is 0 Å². The Morgan fingerprint density at radius 2 is 1.89 bits per heavy atom. The fraction of sp³-hybridized carbons (Fsp3) is 0.333. The minimum atomic E-state index is -0.875. The highest BCUT2D eigenvalue weighted by Gasteiger charge is 2.21. The first kappa shape index (κ1) is 17.4. The number of fused-ring (bicyclic) bond motifs is 2. The fourth-order valence-electron chi connectivity index (χ4n) is 3.36. The minimum absolute atomic E-state index is 0.209. The highest BCUT2D eigenvalue weighted by molar-refractivity contribution is 5.92. The van der Waals surface area contributed by atoms with E-state index in [1.54, 1.807) is 19.1 Å². The summed E-state index contributed by atoms with van der Waals surface area (Å²) in [6, 6.07) is 11.1. The monoisotopic (exact) mass is 367 g/mol. The number of aryl methyl sites for hydroxylation is 2. The zero-order valence-corrected chi connectivity index (χ0v) is 15.1. The van der Waals surface area contributed by atoms with E-state index in [1.807, 2.05) is 24.3 Å². The average molecular weight is 367 g/mol. The number of nitrogens with one attached hydrogen (secondary N) is 1. The molecule has 1 heterocycles. The van der Waals surface area contributed by atoms with Gasteiger partial charge in [0.05, 0.1) is 5.56 Å². The molecule has 2 aromatic carbocycles. The summed E-state index contributed by atoms with van der Waals surface area (Å²) in [4.78, 5) is 24.6. The van der Waals surface area contributed by atoms with Crippen LogP contribution in [0.25, 0.3) is 0 Å². The summed E-state index contributed by atoms with van der Waals surface area (Å²) in [5.41, 5.74) is 3.86. The summed E-state index contributed by atoms with van der Waals surface area (Å²) in [6.07, 6.45) is 2.29. The Morgan fingerprint density at radius 3 is 2.78 bits per heavy atom. The molecule has 140 valence electrons. The standard InChI is InChI=1S/C21H21NO5/c1-13(27-21(24)17-7-6-15-3-2-4-16(15)10-17)20(23)22-11-14-5-8-18-19(9-14)26-12-25-18/h5-10,13H,2-4,11-12H2,1H3,(H,22,23). The van der Waals surface area contributed by atoms with E-state index in [-0.39, 0.29) is 12.7 Å². The summed E-state index contributed by atoms with van der Waals surface area (Å²) < 4.78 is 15.9. The Kier molecular flexibility index (Phi) is 4.71. The summed E-state index contributed by atoms with van der Waals surface area (Å²) >= 11 is 0. The molecule has 0 saturated heterocycles. The molecule has 1 unspecified atom stereocenters. The quantitative estimate of drug-likeness (QED) is 0.823. The molecule has 0 spiro atoms. The first-order valence-corrected chi connectivity index (χ1v) is 9.09. The normalized spacial score (nSPS) is 15.1. The van der Waals surface area contributed by atoms with Gasteiger partial charge in [-0.05, 0) is 67.1 Å². The van der Waals surface area contributed by atoms with Crippen LogP contribution in [0, 0.1) is 0 Å². The van der Waals surface area contributed by atoms with Crippen molar-refractivity contribution in [1.82, 2.24) is 5.32 Å². The van der Waals surface area contributed by atoms with Crippen LogP contribution in [0.5, 0.6) is 11.5 Å². The van der Waals surface area contributed by atoms with Gasteiger partial charge in [0.1, 0.15) is 0 Å². The Bertz CT molecular complexity index is 892. The Hall–Kier alpha value is -3.02. The van der Waals surface area contributed by atoms with E-state index in [4.69, 9.17) is 14.2 Å². The lowest BCUT2D eigenvalue weighted by molar-refractivity contribution is -0.129. The molecule has 1 aliphatic heterocycles. The van der Waals surface area contributed by atoms with E-state index in [9.17, 15) is 9.59 Å². The molecule has 1 N–H and O–H groups in total. The third kappa shape index (κ3) is 3.74. The number of carbonyl (C=O) groups is 2. The Balaban J connectivity index is 1.31. The van der Waals surface area contributed by atoms with Crippen LogP contribution in [-0.4, -0.2) is 24.8 Å². The van der Waals surface area contributed by atoms with Gasteiger partial charge in [-0.25, -0.2) is 4.79 Å². The predicted molar refractivity (Wildman–Crippen MR) is 97.8 cm³/mol. The van der Waals surface area contributed by atoms with Crippen molar-refractivity contribution in [2.45, 2.75) is 38.8 Å². The van der Waals surface area contributed by atoms with Crippen molar-refractivity contribution >= 4 is 11.9 Å². The SMILES string of the molecule is CC(OC(=O)c1ccc2c(c1)CCC2)C(=O)NCc1ccc2c(c1)OCO2.